The summed E-state index contributed by atoms with van der Waals surface area (Å²) >= 11 is 5.87. The second-order valence-electron chi connectivity index (χ2n) is 4.02. The van der Waals surface area contributed by atoms with Crippen LogP contribution in [0.2, 0.25) is 5.02 Å². The largest absolute Gasteiger partial charge is 0.383 e. The maximum absolute atomic E-state index is 12.9. The van der Waals surface area contributed by atoms with Crippen LogP contribution in [0.4, 0.5) is 10.1 Å². The molecule has 1 aromatic rings. The van der Waals surface area contributed by atoms with E-state index in [4.69, 9.17) is 11.6 Å². The third kappa shape index (κ3) is 5.04. The standard InChI is InChI=1S/C12H16ClFN2O/c1-8(2)16-12(17)5-6-15-11-7-9(14)3-4-10(11)13/h3-4,7-8,15H,5-6H2,1-2H3,(H,16,17). The van der Waals surface area contributed by atoms with Gasteiger partial charge in [-0.2, -0.15) is 0 Å². The van der Waals surface area contributed by atoms with Crippen molar-refractivity contribution in [2.75, 3.05) is 11.9 Å². The average molecular weight is 259 g/mol. The van der Waals surface area contributed by atoms with Gasteiger partial charge in [-0.25, -0.2) is 4.39 Å². The molecule has 0 heterocycles. The molecule has 0 aliphatic rings. The molecule has 0 atom stereocenters. The third-order valence-corrected chi connectivity index (χ3v) is 2.38. The number of halogens is 2. The topological polar surface area (TPSA) is 41.1 Å². The molecule has 0 bridgehead atoms. The zero-order valence-corrected chi connectivity index (χ0v) is 10.6. The van der Waals surface area contributed by atoms with Crippen LogP contribution >= 0.6 is 11.6 Å². The first-order valence-corrected chi connectivity index (χ1v) is 5.85. The Morgan fingerprint density at radius 3 is 2.82 bits per heavy atom. The summed E-state index contributed by atoms with van der Waals surface area (Å²) in [5.74, 6) is -0.399. The van der Waals surface area contributed by atoms with Gasteiger partial charge in [-0.3, -0.25) is 4.79 Å². The fourth-order valence-corrected chi connectivity index (χ4v) is 1.52. The Balaban J connectivity index is 2.40. The molecule has 1 rings (SSSR count). The highest BCUT2D eigenvalue weighted by molar-refractivity contribution is 6.33. The van der Waals surface area contributed by atoms with Crippen LogP contribution in [0.1, 0.15) is 20.3 Å². The van der Waals surface area contributed by atoms with Crippen LogP contribution in [0.3, 0.4) is 0 Å². The maximum Gasteiger partial charge on any atom is 0.221 e. The summed E-state index contributed by atoms with van der Waals surface area (Å²) in [7, 11) is 0. The van der Waals surface area contributed by atoms with Crippen molar-refractivity contribution in [1.29, 1.82) is 0 Å². The number of carbonyl (C=O) groups excluding carboxylic acids is 1. The van der Waals surface area contributed by atoms with Gasteiger partial charge in [0.25, 0.3) is 0 Å². The van der Waals surface area contributed by atoms with E-state index in [1.54, 1.807) is 0 Å². The van der Waals surface area contributed by atoms with Gasteiger partial charge in [0.1, 0.15) is 5.82 Å². The number of anilines is 1. The van der Waals surface area contributed by atoms with Crippen molar-refractivity contribution in [2.45, 2.75) is 26.3 Å². The number of hydrogen-bond donors (Lipinski definition) is 2. The van der Waals surface area contributed by atoms with Gasteiger partial charge in [0.05, 0.1) is 10.7 Å². The Labute approximate surface area is 105 Å². The number of amides is 1. The van der Waals surface area contributed by atoms with Crippen LogP contribution in [0.5, 0.6) is 0 Å². The van der Waals surface area contributed by atoms with Gasteiger partial charge in [-0.1, -0.05) is 11.6 Å². The summed E-state index contributed by atoms with van der Waals surface area (Å²) < 4.78 is 12.9. The van der Waals surface area contributed by atoms with Gasteiger partial charge in [-0.05, 0) is 32.0 Å². The Morgan fingerprint density at radius 2 is 2.18 bits per heavy atom. The third-order valence-electron chi connectivity index (χ3n) is 2.05. The Hall–Kier alpha value is -1.29. The van der Waals surface area contributed by atoms with Crippen molar-refractivity contribution in [3.63, 3.8) is 0 Å². The number of hydrogen-bond acceptors (Lipinski definition) is 2. The van der Waals surface area contributed by atoms with Gasteiger partial charge in [0, 0.05) is 19.0 Å². The molecule has 0 aliphatic heterocycles. The van der Waals surface area contributed by atoms with E-state index >= 15 is 0 Å². The molecule has 0 aliphatic carbocycles. The molecule has 0 aromatic heterocycles. The molecule has 2 N–H and O–H groups in total. The van der Waals surface area contributed by atoms with Crippen molar-refractivity contribution >= 4 is 23.2 Å². The number of nitrogens with one attached hydrogen (secondary N) is 2. The summed E-state index contributed by atoms with van der Waals surface area (Å²) in [5.41, 5.74) is 0.504. The van der Waals surface area contributed by atoms with E-state index in [1.807, 2.05) is 13.8 Å². The normalized spacial score (nSPS) is 10.4. The molecule has 0 saturated heterocycles. The zero-order valence-electron chi connectivity index (χ0n) is 9.89. The molecule has 0 spiro atoms. The molecular weight excluding hydrogens is 243 g/mol. The molecule has 3 nitrogen and oxygen atoms in total. The van der Waals surface area contributed by atoms with Crippen LogP contribution in [-0.4, -0.2) is 18.5 Å². The second-order valence-corrected chi connectivity index (χ2v) is 4.43. The lowest BCUT2D eigenvalue weighted by Crippen LogP contribution is -2.31. The fourth-order valence-electron chi connectivity index (χ4n) is 1.34. The highest BCUT2D eigenvalue weighted by Gasteiger charge is 2.05. The minimum atomic E-state index is -0.358. The summed E-state index contributed by atoms with van der Waals surface area (Å²) in [6.07, 6.45) is 0.324. The van der Waals surface area contributed by atoms with E-state index in [0.29, 0.717) is 23.7 Å². The molecule has 1 aromatic carbocycles. The van der Waals surface area contributed by atoms with E-state index < -0.39 is 0 Å². The molecule has 5 heteroatoms. The van der Waals surface area contributed by atoms with E-state index in [1.165, 1.54) is 18.2 Å². The summed E-state index contributed by atoms with van der Waals surface area (Å²) in [6, 6.07) is 4.20. The van der Waals surface area contributed by atoms with Crippen molar-refractivity contribution < 1.29 is 9.18 Å². The van der Waals surface area contributed by atoms with Crippen LogP contribution in [0.25, 0.3) is 0 Å². The second kappa shape index (κ2) is 6.45. The van der Waals surface area contributed by atoms with Gasteiger partial charge in [-0.15, -0.1) is 0 Å². The van der Waals surface area contributed by atoms with Gasteiger partial charge < -0.3 is 10.6 Å². The Bertz CT molecular complexity index is 396. The minimum Gasteiger partial charge on any atom is -0.383 e. The van der Waals surface area contributed by atoms with Gasteiger partial charge >= 0.3 is 0 Å². The smallest absolute Gasteiger partial charge is 0.221 e. The number of benzene rings is 1. The molecule has 0 saturated carbocycles. The molecule has 1 amide bonds. The summed E-state index contributed by atoms with van der Waals surface area (Å²) in [6.45, 7) is 4.21. The molecule has 0 fully saturated rings. The van der Waals surface area contributed by atoms with Gasteiger partial charge in [0.15, 0.2) is 0 Å². The molecule has 0 radical (unpaired) electrons. The van der Waals surface area contributed by atoms with Crippen LogP contribution < -0.4 is 10.6 Å². The molecule has 94 valence electrons. The summed E-state index contributed by atoms with van der Waals surface area (Å²) in [5, 5.41) is 6.13. The van der Waals surface area contributed by atoms with Crippen molar-refractivity contribution in [2.24, 2.45) is 0 Å². The predicted molar refractivity (Wildman–Crippen MR) is 67.8 cm³/mol. The lowest BCUT2D eigenvalue weighted by atomic mass is 10.3. The van der Waals surface area contributed by atoms with Crippen LogP contribution in [-0.2, 0) is 4.79 Å². The predicted octanol–water partition coefficient (Wildman–Crippen LogP) is 2.81. The minimum absolute atomic E-state index is 0.0416. The van der Waals surface area contributed by atoms with Crippen LogP contribution in [0.15, 0.2) is 18.2 Å². The number of carbonyl (C=O) groups is 1. The quantitative estimate of drug-likeness (QED) is 0.853. The molecular formula is C12H16ClFN2O. The van der Waals surface area contributed by atoms with E-state index in [-0.39, 0.29) is 17.8 Å². The fraction of sp³-hybridized carbons (Fsp3) is 0.417. The monoisotopic (exact) mass is 258 g/mol. The van der Waals surface area contributed by atoms with Gasteiger partial charge in [0.2, 0.25) is 5.91 Å². The number of rotatable bonds is 5. The van der Waals surface area contributed by atoms with Crippen molar-refractivity contribution in [3.8, 4) is 0 Å². The average Bonchev–Trinajstić information content (AvgIpc) is 2.22. The lowest BCUT2D eigenvalue weighted by Gasteiger charge is -2.10. The molecule has 17 heavy (non-hydrogen) atoms. The Morgan fingerprint density at radius 1 is 1.47 bits per heavy atom. The highest BCUT2D eigenvalue weighted by atomic mass is 35.5. The van der Waals surface area contributed by atoms with E-state index in [2.05, 4.69) is 10.6 Å². The van der Waals surface area contributed by atoms with Crippen LogP contribution in [0, 0.1) is 5.82 Å². The molecule has 0 unspecified atom stereocenters. The first kappa shape index (κ1) is 13.8. The van der Waals surface area contributed by atoms with Crippen molar-refractivity contribution in [3.05, 3.63) is 29.0 Å². The van der Waals surface area contributed by atoms with E-state index in [0.717, 1.165) is 0 Å². The Kier molecular flexibility index (Phi) is 5.22. The van der Waals surface area contributed by atoms with Crippen molar-refractivity contribution in [1.82, 2.24) is 5.32 Å². The highest BCUT2D eigenvalue weighted by Crippen LogP contribution is 2.22. The zero-order chi connectivity index (χ0) is 12.8. The first-order chi connectivity index (χ1) is 7.99. The van der Waals surface area contributed by atoms with E-state index in [9.17, 15) is 9.18 Å². The lowest BCUT2D eigenvalue weighted by molar-refractivity contribution is -0.121. The SMILES string of the molecule is CC(C)NC(=O)CCNc1cc(F)ccc1Cl. The maximum atomic E-state index is 12.9. The summed E-state index contributed by atoms with van der Waals surface area (Å²) in [4.78, 5) is 11.3. The first-order valence-electron chi connectivity index (χ1n) is 5.47.